The molecule has 7 heteroatoms. The van der Waals surface area contributed by atoms with E-state index in [0.29, 0.717) is 22.7 Å². The average Bonchev–Trinajstić information content (AvgIpc) is 3.28. The Kier molecular flexibility index (Phi) is 3.45. The smallest absolute Gasteiger partial charge is 0.320 e. The maximum Gasteiger partial charge on any atom is 0.320 e. The number of carbonyl (C=O) groups is 1. The van der Waals surface area contributed by atoms with Gasteiger partial charge in [-0.1, -0.05) is 11.8 Å². The molecule has 2 heterocycles. The summed E-state index contributed by atoms with van der Waals surface area (Å²) < 4.78 is 28.7. The van der Waals surface area contributed by atoms with E-state index >= 15 is 0 Å². The predicted octanol–water partition coefficient (Wildman–Crippen LogP) is 2.80. The Hall–Kier alpha value is -2.88. The number of nitrogens with one attached hydrogen (secondary N) is 2. The molecule has 0 radical (unpaired) electrons. The van der Waals surface area contributed by atoms with Gasteiger partial charge >= 0.3 is 6.03 Å². The van der Waals surface area contributed by atoms with E-state index in [4.69, 9.17) is 0 Å². The van der Waals surface area contributed by atoms with Crippen molar-refractivity contribution in [3.63, 3.8) is 0 Å². The standard InChI is InChI=1S/C17H14F2N4O/c18-12-7-20-23(9-12)8-11-5-16-13(6-14(11)19)15(21-17(24)22-16)4-3-10-1-2-10/h5-7,9-10,15H,1-2,8H2,(H2,21,22,24). The molecule has 1 unspecified atom stereocenters. The molecule has 24 heavy (non-hydrogen) atoms. The van der Waals surface area contributed by atoms with E-state index < -0.39 is 17.7 Å². The Labute approximate surface area is 137 Å². The Balaban J connectivity index is 1.67. The molecule has 0 spiro atoms. The zero-order valence-corrected chi connectivity index (χ0v) is 12.6. The van der Waals surface area contributed by atoms with Crippen molar-refractivity contribution in [2.75, 3.05) is 5.32 Å². The van der Waals surface area contributed by atoms with Gasteiger partial charge in [0.15, 0.2) is 5.82 Å². The Morgan fingerprint density at radius 3 is 2.83 bits per heavy atom. The second-order valence-electron chi connectivity index (χ2n) is 5.98. The summed E-state index contributed by atoms with van der Waals surface area (Å²) in [6.07, 6.45) is 4.40. The van der Waals surface area contributed by atoms with Crippen molar-refractivity contribution >= 4 is 11.7 Å². The topological polar surface area (TPSA) is 59.0 Å². The third-order valence-electron chi connectivity index (χ3n) is 4.00. The van der Waals surface area contributed by atoms with Crippen molar-refractivity contribution < 1.29 is 13.6 Å². The molecule has 4 rings (SSSR count). The molecule has 1 aliphatic heterocycles. The van der Waals surface area contributed by atoms with E-state index in [2.05, 4.69) is 27.6 Å². The van der Waals surface area contributed by atoms with Gasteiger partial charge in [0.1, 0.15) is 11.9 Å². The van der Waals surface area contributed by atoms with Crippen LogP contribution in [0.1, 0.15) is 30.0 Å². The van der Waals surface area contributed by atoms with Crippen LogP contribution in [-0.2, 0) is 6.54 Å². The summed E-state index contributed by atoms with van der Waals surface area (Å²) in [6, 6.07) is 2.01. The second kappa shape index (κ2) is 5.64. The van der Waals surface area contributed by atoms with E-state index in [-0.39, 0.29) is 12.6 Å². The Bertz CT molecular complexity index is 876. The zero-order chi connectivity index (χ0) is 16.7. The normalized spacial score (nSPS) is 18.9. The fourth-order valence-corrected chi connectivity index (χ4v) is 2.61. The molecule has 1 atom stereocenters. The summed E-state index contributed by atoms with van der Waals surface area (Å²) in [4.78, 5) is 11.8. The molecule has 122 valence electrons. The molecule has 0 bridgehead atoms. The minimum atomic E-state index is -0.528. The molecule has 5 nitrogen and oxygen atoms in total. The van der Waals surface area contributed by atoms with Crippen molar-refractivity contribution in [2.45, 2.75) is 25.4 Å². The van der Waals surface area contributed by atoms with Crippen molar-refractivity contribution in [1.29, 1.82) is 0 Å². The minimum Gasteiger partial charge on any atom is -0.320 e. The highest BCUT2D eigenvalue weighted by molar-refractivity contribution is 5.93. The van der Waals surface area contributed by atoms with Gasteiger partial charge < -0.3 is 10.6 Å². The third-order valence-corrected chi connectivity index (χ3v) is 4.00. The molecule has 1 saturated carbocycles. The number of benzene rings is 1. The van der Waals surface area contributed by atoms with E-state index in [1.54, 1.807) is 6.07 Å². The highest BCUT2D eigenvalue weighted by Crippen LogP contribution is 2.31. The van der Waals surface area contributed by atoms with Gasteiger partial charge in [-0.3, -0.25) is 4.68 Å². The van der Waals surface area contributed by atoms with Crippen LogP contribution in [0.25, 0.3) is 0 Å². The Morgan fingerprint density at radius 1 is 1.29 bits per heavy atom. The van der Waals surface area contributed by atoms with Crippen molar-refractivity contribution in [3.05, 3.63) is 47.3 Å². The lowest BCUT2D eigenvalue weighted by molar-refractivity contribution is 0.249. The van der Waals surface area contributed by atoms with Crippen LogP contribution in [0.5, 0.6) is 0 Å². The van der Waals surface area contributed by atoms with Gasteiger partial charge in [0.05, 0.1) is 18.9 Å². The number of urea groups is 1. The Morgan fingerprint density at radius 2 is 2.12 bits per heavy atom. The fourth-order valence-electron chi connectivity index (χ4n) is 2.61. The average molecular weight is 328 g/mol. The number of halogens is 2. The summed E-state index contributed by atoms with van der Waals surface area (Å²) in [7, 11) is 0. The highest BCUT2D eigenvalue weighted by atomic mass is 19.1. The number of amides is 2. The molecule has 1 aliphatic carbocycles. The molecule has 2 amide bonds. The summed E-state index contributed by atoms with van der Waals surface area (Å²) in [5, 5.41) is 9.16. The lowest BCUT2D eigenvalue weighted by Crippen LogP contribution is -2.37. The number of nitrogens with zero attached hydrogens (tertiary/aromatic N) is 2. The van der Waals surface area contributed by atoms with E-state index in [0.717, 1.165) is 19.0 Å². The van der Waals surface area contributed by atoms with Gasteiger partial charge in [-0.15, -0.1) is 0 Å². The first kappa shape index (κ1) is 14.7. The van der Waals surface area contributed by atoms with Gasteiger partial charge in [-0.05, 0) is 25.0 Å². The first-order valence-electron chi connectivity index (χ1n) is 7.67. The molecule has 0 saturated heterocycles. The minimum absolute atomic E-state index is 0.0742. The number of anilines is 1. The van der Waals surface area contributed by atoms with E-state index in [1.807, 2.05) is 0 Å². The number of hydrogen-bond acceptors (Lipinski definition) is 2. The van der Waals surface area contributed by atoms with Crippen LogP contribution >= 0.6 is 0 Å². The van der Waals surface area contributed by atoms with Gasteiger partial charge in [0.25, 0.3) is 0 Å². The molecular formula is C17H14F2N4O. The maximum atomic E-state index is 14.4. The van der Waals surface area contributed by atoms with Crippen LogP contribution < -0.4 is 10.6 Å². The molecule has 1 fully saturated rings. The van der Waals surface area contributed by atoms with Crippen molar-refractivity contribution in [3.8, 4) is 11.8 Å². The van der Waals surface area contributed by atoms with Crippen LogP contribution in [0.2, 0.25) is 0 Å². The third kappa shape index (κ3) is 2.95. The number of rotatable bonds is 2. The maximum absolute atomic E-state index is 14.4. The number of hydrogen-bond donors (Lipinski definition) is 2. The second-order valence-corrected chi connectivity index (χ2v) is 5.98. The zero-order valence-electron chi connectivity index (χ0n) is 12.6. The molecule has 2 N–H and O–H groups in total. The summed E-state index contributed by atoms with van der Waals surface area (Å²) in [5.41, 5.74) is 1.42. The number of fused-ring (bicyclic) bond motifs is 1. The predicted molar refractivity (Wildman–Crippen MR) is 83.1 cm³/mol. The lowest BCUT2D eigenvalue weighted by atomic mass is 9.99. The molecule has 2 aromatic rings. The lowest BCUT2D eigenvalue weighted by Gasteiger charge is -2.24. The monoisotopic (exact) mass is 328 g/mol. The van der Waals surface area contributed by atoms with Gasteiger partial charge in [0, 0.05) is 22.7 Å². The first-order valence-corrected chi connectivity index (χ1v) is 7.67. The van der Waals surface area contributed by atoms with Crippen LogP contribution in [-0.4, -0.2) is 15.8 Å². The summed E-state index contributed by atoms with van der Waals surface area (Å²) >= 11 is 0. The fraction of sp³-hybridized carbons (Fsp3) is 0.294. The number of carbonyl (C=O) groups excluding carboxylic acids is 1. The SMILES string of the molecule is O=C1Nc2cc(Cn3cc(F)cn3)c(F)cc2C(C#CC2CC2)N1. The van der Waals surface area contributed by atoms with Crippen LogP contribution in [0.4, 0.5) is 19.3 Å². The van der Waals surface area contributed by atoms with Gasteiger partial charge in [-0.25, -0.2) is 13.6 Å². The quantitative estimate of drug-likeness (QED) is 0.833. The number of aromatic nitrogens is 2. The largest absolute Gasteiger partial charge is 0.320 e. The van der Waals surface area contributed by atoms with Gasteiger partial charge in [0.2, 0.25) is 0 Å². The van der Waals surface area contributed by atoms with Crippen LogP contribution in [0.15, 0.2) is 24.5 Å². The van der Waals surface area contributed by atoms with E-state index in [1.165, 1.54) is 16.9 Å². The van der Waals surface area contributed by atoms with Crippen molar-refractivity contribution in [2.24, 2.45) is 5.92 Å². The van der Waals surface area contributed by atoms with Crippen molar-refractivity contribution in [1.82, 2.24) is 15.1 Å². The summed E-state index contributed by atoms with van der Waals surface area (Å²) in [5.74, 6) is 5.57. The molecule has 1 aromatic carbocycles. The molecule has 2 aliphatic rings. The summed E-state index contributed by atoms with van der Waals surface area (Å²) in [6.45, 7) is 0.0742. The van der Waals surface area contributed by atoms with Gasteiger partial charge in [-0.2, -0.15) is 5.10 Å². The molecular weight excluding hydrogens is 314 g/mol. The first-order chi connectivity index (χ1) is 11.6. The highest BCUT2D eigenvalue weighted by Gasteiger charge is 2.26. The molecule has 1 aromatic heterocycles. The van der Waals surface area contributed by atoms with E-state index in [9.17, 15) is 13.6 Å². The van der Waals surface area contributed by atoms with Crippen LogP contribution in [0, 0.1) is 29.4 Å². The van der Waals surface area contributed by atoms with Crippen LogP contribution in [0.3, 0.4) is 0 Å².